The molecular formula is C16H26N6O4S. The van der Waals surface area contributed by atoms with Crippen molar-refractivity contribution >= 4 is 29.3 Å². The van der Waals surface area contributed by atoms with Gasteiger partial charge in [0, 0.05) is 6.54 Å². The van der Waals surface area contributed by atoms with Crippen LogP contribution in [0, 0.1) is 4.64 Å². The Kier molecular flexibility index (Phi) is 6.73. The Morgan fingerprint density at radius 1 is 1.26 bits per heavy atom. The fraction of sp³-hybridized carbons (Fsp3) is 0.688. The molecule has 1 fully saturated rings. The lowest BCUT2D eigenvalue weighted by atomic mass is 10.1. The van der Waals surface area contributed by atoms with Crippen molar-refractivity contribution in [1.29, 1.82) is 0 Å². The van der Waals surface area contributed by atoms with Crippen molar-refractivity contribution in [1.82, 2.24) is 19.5 Å². The van der Waals surface area contributed by atoms with Gasteiger partial charge in [-0.05, 0) is 19.4 Å². The predicted molar refractivity (Wildman–Crippen MR) is 102 cm³/mol. The van der Waals surface area contributed by atoms with E-state index in [-0.39, 0.29) is 0 Å². The highest BCUT2D eigenvalue weighted by Gasteiger charge is 2.43. The van der Waals surface area contributed by atoms with E-state index in [1.807, 2.05) is 0 Å². The number of anilines is 1. The minimum Gasteiger partial charge on any atom is -0.394 e. The number of nitrogens with one attached hydrogen (secondary N) is 2. The van der Waals surface area contributed by atoms with Crippen LogP contribution in [0.5, 0.6) is 0 Å². The standard InChI is InChI=1S/C16H26N6O4S/c17-5-3-1-2-4-6-18-16-20-13-10(14(27)21-16)19-8-22(13)15-12(25)11(24)9(7-23)26-15/h8-9,11-12,15,23-25H,1-7,17H2,(H2,18,20,21,27)/t9-,11+,12+,15-/m1/s1. The minimum absolute atomic E-state index is 0.319. The summed E-state index contributed by atoms with van der Waals surface area (Å²) in [4.78, 5) is 11.7. The maximum absolute atomic E-state index is 10.3. The number of H-pyrrole nitrogens is 1. The SMILES string of the molecule is NCCCCCCNc1nc(=S)c2ncn([C@@H]3O[C@H](CO)[C@H](O)[C@@H]3O)c2[nH]1. The maximum Gasteiger partial charge on any atom is 0.203 e. The molecule has 0 spiro atoms. The van der Waals surface area contributed by atoms with Gasteiger partial charge in [0.05, 0.1) is 12.9 Å². The number of aromatic nitrogens is 4. The Morgan fingerprint density at radius 3 is 2.74 bits per heavy atom. The highest BCUT2D eigenvalue weighted by atomic mass is 32.1. The highest BCUT2D eigenvalue weighted by Crippen LogP contribution is 2.31. The molecule has 0 saturated carbocycles. The van der Waals surface area contributed by atoms with Crippen molar-refractivity contribution in [3.63, 3.8) is 0 Å². The highest BCUT2D eigenvalue weighted by molar-refractivity contribution is 7.71. The van der Waals surface area contributed by atoms with Gasteiger partial charge in [0.15, 0.2) is 10.9 Å². The summed E-state index contributed by atoms with van der Waals surface area (Å²) in [6.45, 7) is 1.05. The van der Waals surface area contributed by atoms with Crippen LogP contribution >= 0.6 is 12.2 Å². The quantitative estimate of drug-likeness (QED) is 0.253. The first-order valence-corrected chi connectivity index (χ1v) is 9.51. The van der Waals surface area contributed by atoms with Crippen molar-refractivity contribution in [3.05, 3.63) is 11.0 Å². The van der Waals surface area contributed by atoms with Gasteiger partial charge >= 0.3 is 0 Å². The molecule has 0 bridgehead atoms. The predicted octanol–water partition coefficient (Wildman–Crippen LogP) is 0.0314. The van der Waals surface area contributed by atoms with Crippen molar-refractivity contribution < 1.29 is 20.1 Å². The fourth-order valence-corrected chi connectivity index (χ4v) is 3.39. The van der Waals surface area contributed by atoms with Gasteiger partial charge in [-0.2, -0.15) is 0 Å². The van der Waals surface area contributed by atoms with Gasteiger partial charge in [0.1, 0.15) is 29.5 Å². The second-order valence-electron chi connectivity index (χ2n) is 6.60. The third kappa shape index (κ3) is 4.28. The molecule has 3 heterocycles. The number of hydrogen-bond acceptors (Lipinski definition) is 9. The van der Waals surface area contributed by atoms with E-state index in [4.69, 9.17) is 22.7 Å². The van der Waals surface area contributed by atoms with Crippen LogP contribution in [-0.2, 0) is 4.74 Å². The van der Waals surface area contributed by atoms with E-state index >= 15 is 0 Å². The number of imidazole rings is 1. The minimum atomic E-state index is -1.20. The molecule has 7 N–H and O–H groups in total. The molecule has 0 aliphatic carbocycles. The zero-order valence-electron chi connectivity index (χ0n) is 14.9. The second kappa shape index (κ2) is 9.04. The summed E-state index contributed by atoms with van der Waals surface area (Å²) >= 11 is 5.31. The van der Waals surface area contributed by atoms with E-state index in [9.17, 15) is 15.3 Å². The molecular weight excluding hydrogens is 372 g/mol. The van der Waals surface area contributed by atoms with E-state index in [1.165, 1.54) is 6.33 Å². The van der Waals surface area contributed by atoms with E-state index in [1.54, 1.807) is 4.57 Å². The van der Waals surface area contributed by atoms with Crippen LogP contribution in [0.15, 0.2) is 6.33 Å². The van der Waals surface area contributed by atoms with Crippen LogP contribution in [0.4, 0.5) is 5.95 Å². The summed E-state index contributed by atoms with van der Waals surface area (Å²) in [6.07, 6.45) is 1.51. The lowest BCUT2D eigenvalue weighted by Crippen LogP contribution is -2.33. The smallest absolute Gasteiger partial charge is 0.203 e. The molecule has 10 nitrogen and oxygen atoms in total. The topological polar surface area (TPSA) is 154 Å². The van der Waals surface area contributed by atoms with E-state index in [0.29, 0.717) is 28.3 Å². The fourth-order valence-electron chi connectivity index (χ4n) is 3.15. The van der Waals surface area contributed by atoms with Crippen LogP contribution in [-0.4, -0.2) is 72.8 Å². The Morgan fingerprint density at radius 2 is 2.04 bits per heavy atom. The van der Waals surface area contributed by atoms with Gasteiger partial charge in [0.2, 0.25) is 5.95 Å². The summed E-state index contributed by atoms with van der Waals surface area (Å²) in [5, 5.41) is 32.7. The van der Waals surface area contributed by atoms with Gasteiger partial charge < -0.3 is 36.1 Å². The molecule has 2 aromatic rings. The Hall–Kier alpha value is -1.63. The Labute approximate surface area is 161 Å². The van der Waals surface area contributed by atoms with Crippen molar-refractivity contribution in [2.24, 2.45) is 5.73 Å². The molecule has 4 atom stereocenters. The average Bonchev–Trinajstić information content (AvgIpc) is 3.20. The molecule has 1 aliphatic rings. The zero-order chi connectivity index (χ0) is 19.4. The number of nitrogens with zero attached hydrogens (tertiary/aromatic N) is 3. The van der Waals surface area contributed by atoms with Gasteiger partial charge in [-0.1, -0.05) is 25.1 Å². The Balaban J connectivity index is 1.76. The van der Waals surface area contributed by atoms with Gasteiger partial charge in [0.25, 0.3) is 0 Å². The number of hydrogen-bond donors (Lipinski definition) is 6. The number of unbranched alkanes of at least 4 members (excludes halogenated alkanes) is 3. The molecule has 0 aromatic carbocycles. The molecule has 11 heteroatoms. The lowest BCUT2D eigenvalue weighted by Gasteiger charge is -2.17. The first-order valence-electron chi connectivity index (χ1n) is 9.10. The largest absolute Gasteiger partial charge is 0.394 e. The number of nitrogens with two attached hydrogens (primary N) is 1. The van der Waals surface area contributed by atoms with Gasteiger partial charge in [-0.15, -0.1) is 0 Å². The zero-order valence-corrected chi connectivity index (χ0v) is 15.7. The first kappa shape index (κ1) is 20.1. The molecule has 0 unspecified atom stereocenters. The average molecular weight is 398 g/mol. The maximum atomic E-state index is 10.3. The Bertz CT molecular complexity index is 812. The molecule has 150 valence electrons. The first-order chi connectivity index (χ1) is 13.1. The van der Waals surface area contributed by atoms with Crippen LogP contribution in [0.3, 0.4) is 0 Å². The van der Waals surface area contributed by atoms with Crippen LogP contribution in [0.1, 0.15) is 31.9 Å². The van der Waals surface area contributed by atoms with Crippen molar-refractivity contribution in [3.8, 4) is 0 Å². The molecule has 0 amide bonds. The summed E-state index contributed by atoms with van der Waals surface area (Å²) in [5.74, 6) is 0.500. The third-order valence-corrected chi connectivity index (χ3v) is 4.95. The normalized spacial score (nSPS) is 25.3. The van der Waals surface area contributed by atoms with E-state index in [2.05, 4.69) is 20.3 Å². The number of fused-ring (bicyclic) bond motifs is 1. The van der Waals surface area contributed by atoms with E-state index in [0.717, 1.165) is 32.2 Å². The van der Waals surface area contributed by atoms with Crippen LogP contribution < -0.4 is 11.1 Å². The van der Waals surface area contributed by atoms with Gasteiger partial charge in [-0.3, -0.25) is 4.57 Å². The summed E-state index contributed by atoms with van der Waals surface area (Å²) in [5.41, 5.74) is 6.48. The molecule has 1 saturated heterocycles. The number of aliphatic hydroxyl groups is 3. The monoisotopic (exact) mass is 398 g/mol. The lowest BCUT2D eigenvalue weighted by molar-refractivity contribution is -0.0511. The number of rotatable bonds is 9. The summed E-state index contributed by atoms with van der Waals surface area (Å²) in [7, 11) is 0. The van der Waals surface area contributed by atoms with Crippen LogP contribution in [0.2, 0.25) is 0 Å². The second-order valence-corrected chi connectivity index (χ2v) is 6.98. The summed E-state index contributed by atoms with van der Waals surface area (Å²) in [6, 6.07) is 0. The molecule has 0 radical (unpaired) electrons. The van der Waals surface area contributed by atoms with Crippen molar-refractivity contribution in [2.75, 3.05) is 25.0 Å². The molecule has 27 heavy (non-hydrogen) atoms. The number of ether oxygens (including phenoxy) is 1. The van der Waals surface area contributed by atoms with Crippen LogP contribution in [0.25, 0.3) is 11.2 Å². The van der Waals surface area contributed by atoms with Crippen molar-refractivity contribution in [2.45, 2.75) is 50.2 Å². The number of aromatic amines is 1. The van der Waals surface area contributed by atoms with E-state index < -0.39 is 31.1 Å². The molecule has 2 aromatic heterocycles. The number of aliphatic hydroxyl groups excluding tert-OH is 3. The van der Waals surface area contributed by atoms with Gasteiger partial charge in [-0.25, -0.2) is 9.97 Å². The molecule has 3 rings (SSSR count). The third-order valence-electron chi connectivity index (χ3n) is 4.66. The molecule has 1 aliphatic heterocycles. The summed E-state index contributed by atoms with van der Waals surface area (Å²) < 4.78 is 7.45.